The van der Waals surface area contributed by atoms with Crippen LogP contribution in [0.5, 0.6) is 0 Å². The smallest absolute Gasteiger partial charge is 1.00 e. The third-order valence-electron chi connectivity index (χ3n) is 0.167. The second-order valence-corrected chi connectivity index (χ2v) is 2.65. The molecule has 0 rings (SSSR count). The molecule has 0 aromatic carbocycles. The van der Waals surface area contributed by atoms with Gasteiger partial charge in [0.1, 0.15) is 0 Å². The molecular formula is C10H32N2Na2O11. The van der Waals surface area contributed by atoms with Gasteiger partial charge >= 0.3 is 59.1 Å². The maximum atomic E-state index is 9.00. The van der Waals surface area contributed by atoms with E-state index in [9.17, 15) is 0 Å². The van der Waals surface area contributed by atoms with Crippen LogP contribution in [0.1, 0.15) is 30.5 Å². The van der Waals surface area contributed by atoms with Crippen molar-refractivity contribution in [3.8, 4) is 0 Å². The van der Waals surface area contributed by atoms with E-state index in [1.165, 1.54) is 0 Å². The molecule has 0 amide bonds. The molecule has 0 aliphatic heterocycles. The zero-order valence-electron chi connectivity index (χ0n) is 17.5. The molecule has 25 heavy (non-hydrogen) atoms. The summed E-state index contributed by atoms with van der Waals surface area (Å²) >= 11 is 0. The summed E-state index contributed by atoms with van der Waals surface area (Å²) in [7, 11) is 0. The Hall–Kier alpha value is -0.320. The van der Waals surface area contributed by atoms with Crippen LogP contribution in [-0.4, -0.2) is 73.8 Å². The van der Waals surface area contributed by atoms with Gasteiger partial charge in [0.15, 0.2) is 0 Å². The standard InChI is InChI=1S/C2H8N2.4C2H4O2.2Na.3H2O.2H/c3-1-2-4;4*1-2(3)4;;;;;;;/h1-4H2;4*1H3,(H,3,4);;;3*1H2;;/q;;;;;2*+1;;;;2*-1. The van der Waals surface area contributed by atoms with Gasteiger partial charge in [-0.3, -0.25) is 19.2 Å². The number of aliphatic carboxylic acids is 4. The Bertz CT molecular complexity index is 214. The summed E-state index contributed by atoms with van der Waals surface area (Å²) in [6.45, 7) is 5.53. The van der Waals surface area contributed by atoms with Gasteiger partial charge in [0.25, 0.3) is 23.9 Å². The van der Waals surface area contributed by atoms with Crippen molar-refractivity contribution in [2.24, 2.45) is 11.5 Å². The molecule has 0 atom stereocenters. The number of carboxylic acid groups (broad SMARTS) is 4. The fourth-order valence-electron chi connectivity index (χ4n) is 0. The first-order valence-electron chi connectivity index (χ1n) is 5.03. The molecule has 14 N–H and O–H groups in total. The van der Waals surface area contributed by atoms with Crippen molar-refractivity contribution in [3.63, 3.8) is 0 Å². The summed E-state index contributed by atoms with van der Waals surface area (Å²) in [6, 6.07) is 0. The molecule has 15 heteroatoms. The molecule has 0 aromatic heterocycles. The summed E-state index contributed by atoms with van der Waals surface area (Å²) in [4.78, 5) is 36.0. The van der Waals surface area contributed by atoms with E-state index in [0.717, 1.165) is 27.7 Å². The Balaban J connectivity index is -0.00000000978. The van der Waals surface area contributed by atoms with Crippen LogP contribution in [0, 0.1) is 0 Å². The molecule has 0 aliphatic carbocycles. The van der Waals surface area contributed by atoms with Gasteiger partial charge in [-0.15, -0.1) is 0 Å². The molecular weight excluding hydrogens is 370 g/mol. The topological polar surface area (TPSA) is 296 Å². The van der Waals surface area contributed by atoms with Crippen LogP contribution in [0.15, 0.2) is 0 Å². The van der Waals surface area contributed by atoms with E-state index in [0.29, 0.717) is 13.1 Å². The van der Waals surface area contributed by atoms with Crippen LogP contribution in [0.4, 0.5) is 0 Å². The number of rotatable bonds is 1. The van der Waals surface area contributed by atoms with Crippen LogP contribution < -0.4 is 70.6 Å². The molecule has 0 unspecified atom stereocenters. The van der Waals surface area contributed by atoms with E-state index in [4.69, 9.17) is 51.1 Å². The Morgan fingerprint density at radius 3 is 0.640 bits per heavy atom. The minimum absolute atomic E-state index is 0. The molecule has 13 nitrogen and oxygen atoms in total. The van der Waals surface area contributed by atoms with E-state index >= 15 is 0 Å². The summed E-state index contributed by atoms with van der Waals surface area (Å²) in [5, 5.41) is 29.7. The SMILES string of the molecule is CC(=O)O.CC(=O)O.CC(=O)O.CC(=O)O.NCCN.O.O.O.[H-].[H-].[Na+].[Na+]. The Morgan fingerprint density at radius 1 is 0.600 bits per heavy atom. The number of carbonyl (C=O) groups is 4. The summed E-state index contributed by atoms with van der Waals surface area (Å²) in [5.74, 6) is -3.33. The van der Waals surface area contributed by atoms with E-state index in [1.807, 2.05) is 0 Å². The van der Waals surface area contributed by atoms with Gasteiger partial charge in [-0.25, -0.2) is 0 Å². The zero-order chi connectivity index (χ0) is 17.7. The van der Waals surface area contributed by atoms with E-state index in [-0.39, 0.29) is 78.4 Å². The van der Waals surface area contributed by atoms with Gasteiger partial charge in [-0.2, -0.15) is 0 Å². The molecule has 0 radical (unpaired) electrons. The van der Waals surface area contributed by atoms with Crippen LogP contribution in [0.25, 0.3) is 0 Å². The fraction of sp³-hybridized carbons (Fsp3) is 0.600. The average Bonchev–Trinajstić information content (AvgIpc) is 2.13. The first-order valence-corrected chi connectivity index (χ1v) is 5.03. The van der Waals surface area contributed by atoms with Crippen LogP contribution in [0.2, 0.25) is 0 Å². The van der Waals surface area contributed by atoms with Crippen molar-refractivity contribution in [2.75, 3.05) is 13.1 Å². The number of nitrogens with two attached hydrogens (primary N) is 2. The van der Waals surface area contributed by atoms with Crippen LogP contribution >= 0.6 is 0 Å². The maximum Gasteiger partial charge on any atom is 1.00 e. The Labute approximate surface area is 193 Å². The maximum absolute atomic E-state index is 9.00. The minimum Gasteiger partial charge on any atom is -1.00 e. The molecule has 0 saturated heterocycles. The molecule has 0 heterocycles. The normalized spacial score (nSPS) is 5.20. The van der Waals surface area contributed by atoms with Gasteiger partial charge in [0.05, 0.1) is 0 Å². The van der Waals surface area contributed by atoms with Crippen molar-refractivity contribution in [3.05, 3.63) is 0 Å². The number of hydrogen-bond acceptors (Lipinski definition) is 6. The van der Waals surface area contributed by atoms with Crippen LogP contribution in [0.3, 0.4) is 0 Å². The molecule has 0 bridgehead atoms. The summed E-state index contributed by atoms with van der Waals surface area (Å²) in [5.41, 5.74) is 9.81. The van der Waals surface area contributed by atoms with Gasteiger partial charge in [0.2, 0.25) is 0 Å². The fourth-order valence-corrected chi connectivity index (χ4v) is 0. The van der Waals surface area contributed by atoms with E-state index in [1.54, 1.807) is 0 Å². The van der Waals surface area contributed by atoms with Crippen molar-refractivity contribution in [1.29, 1.82) is 0 Å². The van der Waals surface area contributed by atoms with E-state index < -0.39 is 23.9 Å². The van der Waals surface area contributed by atoms with Gasteiger partial charge in [-0.1, -0.05) is 0 Å². The predicted molar refractivity (Wildman–Crippen MR) is 84.4 cm³/mol. The van der Waals surface area contributed by atoms with Crippen molar-refractivity contribution in [1.82, 2.24) is 0 Å². The molecule has 0 aromatic rings. The second kappa shape index (κ2) is 65.1. The quantitative estimate of drug-likeness (QED) is 0.225. The molecule has 0 aliphatic rings. The third-order valence-corrected chi connectivity index (χ3v) is 0.167. The summed E-state index contributed by atoms with van der Waals surface area (Å²) in [6.07, 6.45) is 0. The molecule has 150 valence electrons. The first-order chi connectivity index (χ1) is 8.84. The van der Waals surface area contributed by atoms with Crippen LogP contribution in [-0.2, 0) is 19.2 Å². The third kappa shape index (κ3) is 24100. The van der Waals surface area contributed by atoms with Gasteiger partial charge in [0, 0.05) is 40.8 Å². The first kappa shape index (κ1) is 64.2. The molecule has 0 spiro atoms. The molecule has 0 saturated carbocycles. The van der Waals surface area contributed by atoms with Gasteiger partial charge in [-0.05, 0) is 0 Å². The largest absolute Gasteiger partial charge is 1.00 e. The van der Waals surface area contributed by atoms with E-state index in [2.05, 4.69) is 0 Å². The van der Waals surface area contributed by atoms with Crippen molar-refractivity contribution < 1.29 is 118 Å². The second-order valence-electron chi connectivity index (χ2n) is 2.65. The number of carboxylic acids is 4. The summed E-state index contributed by atoms with van der Waals surface area (Å²) < 4.78 is 0. The Morgan fingerprint density at radius 2 is 0.640 bits per heavy atom. The van der Waals surface area contributed by atoms with Gasteiger partial charge < -0.3 is 51.2 Å². The minimum atomic E-state index is -0.833. The average molecular weight is 402 g/mol. The zero-order valence-corrected chi connectivity index (χ0v) is 19.5. The number of hydrogen-bond donors (Lipinski definition) is 6. The Kier molecular flexibility index (Phi) is 167. The molecule has 0 fully saturated rings. The van der Waals surface area contributed by atoms with Crippen molar-refractivity contribution >= 4 is 23.9 Å². The van der Waals surface area contributed by atoms with Crippen molar-refractivity contribution in [2.45, 2.75) is 27.7 Å². The monoisotopic (exact) mass is 402 g/mol. The predicted octanol–water partition coefficient (Wildman–Crippen LogP) is -8.97.